The number of thioether (sulfide) groups is 1. The van der Waals surface area contributed by atoms with Crippen LogP contribution in [-0.2, 0) is 6.42 Å². The molecule has 1 saturated heterocycles. The first kappa shape index (κ1) is 8.60. The standard InChI is InChI=1S/C9H12OS2/c10-9(3-5-11-7-9)6-8-2-1-4-12-8/h1-2,4,10H,3,5-7H2. The molecule has 1 N–H and O–H groups in total. The summed E-state index contributed by atoms with van der Waals surface area (Å²) in [5.41, 5.74) is -0.407. The normalized spacial score (nSPS) is 29.4. The summed E-state index contributed by atoms with van der Waals surface area (Å²) in [6.07, 6.45) is 1.80. The zero-order valence-electron chi connectivity index (χ0n) is 6.82. The molecule has 1 aromatic rings. The third-order valence-corrected chi connectivity index (χ3v) is 4.28. The Balaban J connectivity index is 2.02. The highest BCUT2D eigenvalue weighted by molar-refractivity contribution is 7.99. The van der Waals surface area contributed by atoms with Crippen molar-refractivity contribution in [2.45, 2.75) is 18.4 Å². The first-order chi connectivity index (χ1) is 5.79. The van der Waals surface area contributed by atoms with Crippen LogP contribution in [0.1, 0.15) is 11.3 Å². The van der Waals surface area contributed by atoms with Crippen LogP contribution in [0, 0.1) is 0 Å². The monoisotopic (exact) mass is 200 g/mol. The number of aliphatic hydroxyl groups is 1. The molecule has 3 heteroatoms. The second-order valence-electron chi connectivity index (χ2n) is 3.28. The maximum absolute atomic E-state index is 10.0. The topological polar surface area (TPSA) is 20.2 Å². The molecular formula is C9H12OS2. The lowest BCUT2D eigenvalue weighted by Gasteiger charge is -2.19. The van der Waals surface area contributed by atoms with Gasteiger partial charge in [0.05, 0.1) is 5.60 Å². The van der Waals surface area contributed by atoms with Gasteiger partial charge in [-0.15, -0.1) is 11.3 Å². The summed E-state index contributed by atoms with van der Waals surface area (Å²) in [5.74, 6) is 2.02. The van der Waals surface area contributed by atoms with Crippen molar-refractivity contribution in [1.82, 2.24) is 0 Å². The van der Waals surface area contributed by atoms with Crippen molar-refractivity contribution in [1.29, 1.82) is 0 Å². The van der Waals surface area contributed by atoms with Crippen molar-refractivity contribution in [3.05, 3.63) is 22.4 Å². The quantitative estimate of drug-likeness (QED) is 0.789. The zero-order valence-corrected chi connectivity index (χ0v) is 8.46. The first-order valence-electron chi connectivity index (χ1n) is 4.11. The van der Waals surface area contributed by atoms with Gasteiger partial charge in [-0.25, -0.2) is 0 Å². The van der Waals surface area contributed by atoms with E-state index >= 15 is 0 Å². The van der Waals surface area contributed by atoms with Crippen molar-refractivity contribution < 1.29 is 5.11 Å². The summed E-state index contributed by atoms with van der Waals surface area (Å²) in [6.45, 7) is 0. The van der Waals surface area contributed by atoms with Crippen LogP contribution in [0.3, 0.4) is 0 Å². The molecule has 1 unspecified atom stereocenters. The predicted octanol–water partition coefficient (Wildman–Crippen LogP) is 2.16. The third kappa shape index (κ3) is 1.84. The molecule has 1 fully saturated rings. The Hall–Kier alpha value is 0.01000. The van der Waals surface area contributed by atoms with Gasteiger partial charge in [0.1, 0.15) is 0 Å². The Morgan fingerprint density at radius 2 is 2.50 bits per heavy atom. The Morgan fingerprint density at radius 1 is 1.58 bits per heavy atom. The minimum Gasteiger partial charge on any atom is -0.389 e. The van der Waals surface area contributed by atoms with E-state index in [0.29, 0.717) is 0 Å². The molecule has 12 heavy (non-hydrogen) atoms. The van der Waals surface area contributed by atoms with Crippen LogP contribution in [0.2, 0.25) is 0 Å². The molecule has 1 aromatic heterocycles. The summed E-state index contributed by atoms with van der Waals surface area (Å²) in [4.78, 5) is 1.31. The van der Waals surface area contributed by atoms with E-state index in [2.05, 4.69) is 11.4 Å². The van der Waals surface area contributed by atoms with Crippen molar-refractivity contribution >= 4 is 23.1 Å². The third-order valence-electron chi connectivity index (χ3n) is 2.17. The summed E-state index contributed by atoms with van der Waals surface area (Å²) < 4.78 is 0. The second kappa shape index (κ2) is 3.40. The Morgan fingerprint density at radius 3 is 3.08 bits per heavy atom. The van der Waals surface area contributed by atoms with Gasteiger partial charge in [0.2, 0.25) is 0 Å². The highest BCUT2D eigenvalue weighted by Crippen LogP contribution is 2.31. The van der Waals surface area contributed by atoms with Crippen LogP contribution in [0.25, 0.3) is 0 Å². The molecule has 0 amide bonds. The van der Waals surface area contributed by atoms with Gasteiger partial charge in [0.25, 0.3) is 0 Å². The van der Waals surface area contributed by atoms with E-state index in [1.807, 2.05) is 17.8 Å². The summed E-state index contributed by atoms with van der Waals surface area (Å²) >= 11 is 3.60. The molecule has 66 valence electrons. The van der Waals surface area contributed by atoms with E-state index in [9.17, 15) is 5.11 Å². The number of hydrogen-bond acceptors (Lipinski definition) is 3. The highest BCUT2D eigenvalue weighted by atomic mass is 32.2. The molecule has 0 spiro atoms. The van der Waals surface area contributed by atoms with E-state index in [1.54, 1.807) is 11.3 Å². The predicted molar refractivity (Wildman–Crippen MR) is 54.9 cm³/mol. The van der Waals surface area contributed by atoms with E-state index in [0.717, 1.165) is 24.3 Å². The molecule has 1 aliphatic rings. The fourth-order valence-electron chi connectivity index (χ4n) is 1.47. The smallest absolute Gasteiger partial charge is 0.0793 e. The van der Waals surface area contributed by atoms with E-state index in [-0.39, 0.29) is 0 Å². The van der Waals surface area contributed by atoms with Gasteiger partial charge in [-0.2, -0.15) is 11.8 Å². The van der Waals surface area contributed by atoms with Crippen LogP contribution >= 0.6 is 23.1 Å². The van der Waals surface area contributed by atoms with Crippen LogP contribution < -0.4 is 0 Å². The molecule has 0 radical (unpaired) electrons. The Kier molecular flexibility index (Phi) is 2.44. The van der Waals surface area contributed by atoms with Gasteiger partial charge in [-0.1, -0.05) is 6.07 Å². The fraction of sp³-hybridized carbons (Fsp3) is 0.556. The van der Waals surface area contributed by atoms with Gasteiger partial charge >= 0.3 is 0 Å². The minimum atomic E-state index is -0.407. The first-order valence-corrected chi connectivity index (χ1v) is 6.14. The Bertz CT molecular complexity index is 237. The number of thiophene rings is 1. The zero-order chi connectivity index (χ0) is 8.44. The molecule has 2 rings (SSSR count). The lowest BCUT2D eigenvalue weighted by atomic mass is 9.98. The molecule has 0 bridgehead atoms. The summed E-state index contributed by atoms with van der Waals surface area (Å²) in [5, 5.41) is 12.1. The summed E-state index contributed by atoms with van der Waals surface area (Å²) in [6, 6.07) is 4.15. The van der Waals surface area contributed by atoms with E-state index in [1.165, 1.54) is 4.88 Å². The lowest BCUT2D eigenvalue weighted by Crippen LogP contribution is -2.30. The van der Waals surface area contributed by atoms with Gasteiger partial charge in [0.15, 0.2) is 0 Å². The number of rotatable bonds is 2. The van der Waals surface area contributed by atoms with Crippen molar-refractivity contribution in [2.75, 3.05) is 11.5 Å². The molecular weight excluding hydrogens is 188 g/mol. The largest absolute Gasteiger partial charge is 0.389 e. The average molecular weight is 200 g/mol. The fourth-order valence-corrected chi connectivity index (χ4v) is 3.61. The van der Waals surface area contributed by atoms with Crippen molar-refractivity contribution in [2.24, 2.45) is 0 Å². The van der Waals surface area contributed by atoms with E-state index < -0.39 is 5.60 Å². The average Bonchev–Trinajstić information content (AvgIpc) is 2.62. The van der Waals surface area contributed by atoms with Crippen LogP contribution in [-0.4, -0.2) is 22.2 Å². The van der Waals surface area contributed by atoms with E-state index in [4.69, 9.17) is 0 Å². The van der Waals surface area contributed by atoms with Crippen LogP contribution in [0.15, 0.2) is 17.5 Å². The van der Waals surface area contributed by atoms with Crippen molar-refractivity contribution in [3.8, 4) is 0 Å². The molecule has 1 aliphatic heterocycles. The van der Waals surface area contributed by atoms with Crippen LogP contribution in [0.5, 0.6) is 0 Å². The SMILES string of the molecule is OC1(Cc2cccs2)CCSC1. The maximum Gasteiger partial charge on any atom is 0.0793 e. The van der Waals surface area contributed by atoms with Crippen LogP contribution in [0.4, 0.5) is 0 Å². The molecule has 0 aromatic carbocycles. The minimum absolute atomic E-state index is 0.407. The van der Waals surface area contributed by atoms with Gasteiger partial charge in [0, 0.05) is 17.1 Å². The molecule has 0 aliphatic carbocycles. The second-order valence-corrected chi connectivity index (χ2v) is 5.42. The van der Waals surface area contributed by atoms with Crippen molar-refractivity contribution in [3.63, 3.8) is 0 Å². The molecule has 2 heterocycles. The Labute approximate surface area is 80.8 Å². The lowest BCUT2D eigenvalue weighted by molar-refractivity contribution is 0.0695. The number of hydrogen-bond donors (Lipinski definition) is 1. The maximum atomic E-state index is 10.0. The van der Waals surface area contributed by atoms with Gasteiger partial charge in [-0.3, -0.25) is 0 Å². The van der Waals surface area contributed by atoms with Gasteiger partial charge < -0.3 is 5.11 Å². The molecule has 1 atom stereocenters. The molecule has 0 saturated carbocycles. The molecule has 1 nitrogen and oxygen atoms in total. The summed E-state index contributed by atoms with van der Waals surface area (Å²) in [7, 11) is 0. The highest BCUT2D eigenvalue weighted by Gasteiger charge is 2.31. The van der Waals surface area contributed by atoms with Gasteiger partial charge in [-0.05, 0) is 23.6 Å².